The molecule has 1 rings (SSSR count). The summed E-state index contributed by atoms with van der Waals surface area (Å²) in [6.07, 6.45) is 3.53. The van der Waals surface area contributed by atoms with Gasteiger partial charge in [-0.2, -0.15) is 0 Å². The first-order chi connectivity index (χ1) is 7.46. The van der Waals surface area contributed by atoms with Gasteiger partial charge in [-0.25, -0.2) is 0 Å². The predicted octanol–water partition coefficient (Wildman–Crippen LogP) is 1.25. The first-order valence-electron chi connectivity index (χ1n) is 5.18. The van der Waals surface area contributed by atoms with Gasteiger partial charge in [-0.15, -0.1) is 0 Å². The minimum absolute atomic E-state index is 0.208. The van der Waals surface area contributed by atoms with Crippen LogP contribution in [-0.4, -0.2) is 42.7 Å². The highest BCUT2D eigenvalue weighted by atomic mass is 31.2. The van der Waals surface area contributed by atoms with Crippen molar-refractivity contribution in [2.45, 2.75) is 13.3 Å². The van der Waals surface area contributed by atoms with E-state index in [0.717, 1.165) is 4.90 Å². The van der Waals surface area contributed by atoms with Crippen LogP contribution in [0.1, 0.15) is 13.3 Å². The van der Waals surface area contributed by atoms with Crippen molar-refractivity contribution in [3.8, 4) is 0 Å². The number of carbonyl (C=O) groups excluding carboxylic acids is 2. The van der Waals surface area contributed by atoms with E-state index in [4.69, 9.17) is 4.52 Å². The Labute approximate surface area is 94.9 Å². The van der Waals surface area contributed by atoms with Crippen LogP contribution >= 0.6 is 7.37 Å². The Morgan fingerprint density at radius 3 is 2.88 bits per heavy atom. The number of carbonyl (C=O) groups is 2. The molecule has 0 aromatic rings. The zero-order valence-electron chi connectivity index (χ0n) is 9.51. The molecule has 6 heteroatoms. The van der Waals surface area contributed by atoms with Crippen LogP contribution in [0.4, 0.5) is 0 Å². The van der Waals surface area contributed by atoms with Crippen LogP contribution in [0.15, 0.2) is 12.2 Å². The summed E-state index contributed by atoms with van der Waals surface area (Å²) < 4.78 is 16.8. The zero-order valence-corrected chi connectivity index (χ0v) is 10.4. The molecule has 1 atom stereocenters. The third kappa shape index (κ3) is 3.58. The lowest BCUT2D eigenvalue weighted by Gasteiger charge is -2.23. The van der Waals surface area contributed by atoms with E-state index in [1.54, 1.807) is 13.0 Å². The molecule has 0 aromatic carbocycles. The van der Waals surface area contributed by atoms with Gasteiger partial charge in [0.05, 0.1) is 6.61 Å². The van der Waals surface area contributed by atoms with Gasteiger partial charge in [0.2, 0.25) is 13.3 Å². The molecule has 0 aliphatic carbocycles. The number of hydrogen-bond acceptors (Lipinski definition) is 4. The summed E-state index contributed by atoms with van der Waals surface area (Å²) in [4.78, 5) is 24.2. The molecule has 90 valence electrons. The van der Waals surface area contributed by atoms with Gasteiger partial charge in [0.1, 0.15) is 6.16 Å². The molecule has 1 unspecified atom stereocenters. The van der Waals surface area contributed by atoms with E-state index in [9.17, 15) is 14.2 Å². The van der Waals surface area contributed by atoms with Gasteiger partial charge in [-0.1, -0.05) is 6.08 Å². The molecule has 0 saturated carbocycles. The highest BCUT2D eigenvalue weighted by Crippen LogP contribution is 2.42. The van der Waals surface area contributed by atoms with Crippen LogP contribution in [0.3, 0.4) is 0 Å². The first kappa shape index (κ1) is 13.1. The van der Waals surface area contributed by atoms with E-state index in [1.807, 2.05) is 0 Å². The standard InChI is InChI=1S/C10H16NO4P/c1-3-15-16(2,14)8-10(13)11-7-5-4-6-9(11)12/h4,6H,3,5,7-8H2,1-2H3. The quantitative estimate of drug-likeness (QED) is 0.699. The summed E-state index contributed by atoms with van der Waals surface area (Å²) >= 11 is 0. The van der Waals surface area contributed by atoms with E-state index in [1.165, 1.54) is 12.7 Å². The molecule has 0 bridgehead atoms. The van der Waals surface area contributed by atoms with E-state index in [2.05, 4.69) is 0 Å². The molecule has 1 heterocycles. The molecule has 5 nitrogen and oxygen atoms in total. The Morgan fingerprint density at radius 2 is 2.31 bits per heavy atom. The van der Waals surface area contributed by atoms with E-state index in [-0.39, 0.29) is 12.1 Å². The van der Waals surface area contributed by atoms with Gasteiger partial charge in [0.15, 0.2) is 0 Å². The van der Waals surface area contributed by atoms with Crippen LogP contribution in [0.5, 0.6) is 0 Å². The Kier molecular flexibility index (Phi) is 4.44. The fraction of sp³-hybridized carbons (Fsp3) is 0.600. The fourth-order valence-corrected chi connectivity index (χ4v) is 2.78. The predicted molar refractivity (Wildman–Crippen MR) is 60.5 cm³/mol. The van der Waals surface area contributed by atoms with Gasteiger partial charge >= 0.3 is 0 Å². The molecule has 0 radical (unpaired) electrons. The minimum Gasteiger partial charge on any atom is -0.329 e. The van der Waals surface area contributed by atoms with E-state index < -0.39 is 13.3 Å². The molecular weight excluding hydrogens is 229 g/mol. The highest BCUT2D eigenvalue weighted by molar-refractivity contribution is 7.59. The van der Waals surface area contributed by atoms with Crippen LogP contribution < -0.4 is 0 Å². The smallest absolute Gasteiger partial charge is 0.252 e. The third-order valence-electron chi connectivity index (χ3n) is 2.17. The van der Waals surface area contributed by atoms with Crippen molar-refractivity contribution >= 4 is 19.2 Å². The Balaban J connectivity index is 2.62. The number of nitrogens with zero attached hydrogens (tertiary/aromatic N) is 1. The second-order valence-electron chi connectivity index (χ2n) is 3.66. The molecule has 0 saturated heterocycles. The Hall–Kier alpha value is -0.930. The third-order valence-corrected chi connectivity index (χ3v) is 3.82. The van der Waals surface area contributed by atoms with Crippen LogP contribution in [-0.2, 0) is 18.7 Å². The lowest BCUT2D eigenvalue weighted by Crippen LogP contribution is -2.39. The zero-order chi connectivity index (χ0) is 12.2. The van der Waals surface area contributed by atoms with Crippen molar-refractivity contribution in [3.05, 3.63) is 12.2 Å². The fourth-order valence-electron chi connectivity index (χ4n) is 1.49. The summed E-state index contributed by atoms with van der Waals surface area (Å²) in [5.74, 6) is -0.763. The van der Waals surface area contributed by atoms with Crippen LogP contribution in [0.25, 0.3) is 0 Å². The van der Waals surface area contributed by atoms with E-state index in [0.29, 0.717) is 19.6 Å². The summed E-state index contributed by atoms with van der Waals surface area (Å²) in [5, 5.41) is 0. The topological polar surface area (TPSA) is 63.7 Å². The second kappa shape index (κ2) is 5.41. The van der Waals surface area contributed by atoms with Crippen molar-refractivity contribution in [3.63, 3.8) is 0 Å². The largest absolute Gasteiger partial charge is 0.329 e. The van der Waals surface area contributed by atoms with Crippen molar-refractivity contribution < 1.29 is 18.7 Å². The Morgan fingerprint density at radius 1 is 1.62 bits per heavy atom. The number of amides is 2. The number of imide groups is 1. The monoisotopic (exact) mass is 245 g/mol. The second-order valence-corrected chi connectivity index (χ2v) is 6.27. The lowest BCUT2D eigenvalue weighted by atomic mass is 10.2. The maximum atomic E-state index is 11.8. The molecule has 0 spiro atoms. The number of hydrogen-bond donors (Lipinski definition) is 0. The first-order valence-corrected chi connectivity index (χ1v) is 7.44. The van der Waals surface area contributed by atoms with Gasteiger partial charge in [0, 0.05) is 13.2 Å². The van der Waals surface area contributed by atoms with Crippen molar-refractivity contribution in [1.82, 2.24) is 4.90 Å². The summed E-state index contributed by atoms with van der Waals surface area (Å²) in [6.45, 7) is 3.79. The van der Waals surface area contributed by atoms with Gasteiger partial charge in [-0.05, 0) is 19.4 Å². The van der Waals surface area contributed by atoms with Gasteiger partial charge < -0.3 is 4.52 Å². The van der Waals surface area contributed by atoms with E-state index >= 15 is 0 Å². The SMILES string of the molecule is CCOP(C)(=O)CC(=O)N1CCC=CC1=O. The molecular formula is C10H16NO4P. The van der Waals surface area contributed by atoms with Crippen molar-refractivity contribution in [1.29, 1.82) is 0 Å². The lowest BCUT2D eigenvalue weighted by molar-refractivity contribution is -0.140. The maximum Gasteiger partial charge on any atom is 0.252 e. The highest BCUT2D eigenvalue weighted by Gasteiger charge is 2.27. The summed E-state index contributed by atoms with van der Waals surface area (Å²) in [6, 6.07) is 0. The minimum atomic E-state index is -2.91. The molecule has 0 aromatic heterocycles. The Bertz CT molecular complexity index is 364. The van der Waals surface area contributed by atoms with Crippen LogP contribution in [0, 0.1) is 0 Å². The molecule has 0 N–H and O–H groups in total. The molecule has 1 aliphatic rings. The van der Waals surface area contributed by atoms with Crippen molar-refractivity contribution in [2.24, 2.45) is 0 Å². The number of rotatable bonds is 4. The molecule has 2 amide bonds. The van der Waals surface area contributed by atoms with Gasteiger partial charge in [-0.3, -0.25) is 19.1 Å². The molecule has 0 fully saturated rings. The van der Waals surface area contributed by atoms with Crippen molar-refractivity contribution in [2.75, 3.05) is 26.0 Å². The summed E-state index contributed by atoms with van der Waals surface area (Å²) in [5.41, 5.74) is 0. The van der Waals surface area contributed by atoms with Gasteiger partial charge in [0.25, 0.3) is 5.91 Å². The average Bonchev–Trinajstić information content (AvgIpc) is 2.17. The van der Waals surface area contributed by atoms with Crippen LogP contribution in [0.2, 0.25) is 0 Å². The molecule has 1 aliphatic heterocycles. The maximum absolute atomic E-state index is 11.8. The normalized spacial score (nSPS) is 19.6. The summed E-state index contributed by atoms with van der Waals surface area (Å²) in [7, 11) is -2.91. The average molecular weight is 245 g/mol. The molecule has 16 heavy (non-hydrogen) atoms.